The molecule has 2 heterocycles. The number of aliphatic hydroxyl groups excluding tert-OH is 1. The van der Waals surface area contributed by atoms with Gasteiger partial charge in [0.25, 0.3) is 5.91 Å². The molecule has 0 bridgehead atoms. The van der Waals surface area contributed by atoms with Crippen LogP contribution in [0, 0.1) is 6.92 Å². The maximum Gasteiger partial charge on any atom is 0.268 e. The molecule has 0 aliphatic heterocycles. The highest BCUT2D eigenvalue weighted by atomic mass is 32.1. The zero-order valence-corrected chi connectivity index (χ0v) is 12.7. The van der Waals surface area contributed by atoms with Crippen LogP contribution >= 0.6 is 11.3 Å². The lowest BCUT2D eigenvalue weighted by atomic mass is 10.0. The number of H-pyrrole nitrogens is 1. The summed E-state index contributed by atoms with van der Waals surface area (Å²) >= 11 is 1.58. The average Bonchev–Trinajstić information content (AvgIpc) is 2.96. The summed E-state index contributed by atoms with van der Waals surface area (Å²) in [4.78, 5) is 19.5. The summed E-state index contributed by atoms with van der Waals surface area (Å²) in [7, 11) is 0. The molecule has 0 unspecified atom stereocenters. The highest BCUT2D eigenvalue weighted by Crippen LogP contribution is 2.22. The Kier molecular flexibility index (Phi) is 4.25. The predicted molar refractivity (Wildman–Crippen MR) is 79.9 cm³/mol. The van der Waals surface area contributed by atoms with Crippen LogP contribution in [-0.4, -0.2) is 33.1 Å². The van der Waals surface area contributed by atoms with Gasteiger partial charge < -0.3 is 15.4 Å². The summed E-state index contributed by atoms with van der Waals surface area (Å²) in [6.45, 7) is 5.76. The van der Waals surface area contributed by atoms with Crippen molar-refractivity contribution in [1.29, 1.82) is 0 Å². The zero-order chi connectivity index (χ0) is 14.8. The van der Waals surface area contributed by atoms with Crippen LogP contribution < -0.4 is 5.32 Å². The van der Waals surface area contributed by atoms with E-state index in [1.165, 1.54) is 0 Å². The van der Waals surface area contributed by atoms with Crippen LogP contribution in [0.25, 0.3) is 11.3 Å². The Morgan fingerprint density at radius 1 is 1.55 bits per heavy atom. The monoisotopic (exact) mass is 293 g/mol. The van der Waals surface area contributed by atoms with Gasteiger partial charge in [0.1, 0.15) is 5.69 Å². The third-order valence-corrected chi connectivity index (χ3v) is 3.80. The summed E-state index contributed by atoms with van der Waals surface area (Å²) in [6, 6.07) is 1.79. The molecule has 0 atom stereocenters. The Bertz CT molecular complexity index is 601. The molecule has 0 aromatic carbocycles. The molecule has 0 spiro atoms. The molecule has 0 aliphatic carbocycles. The fourth-order valence-electron chi connectivity index (χ4n) is 1.89. The van der Waals surface area contributed by atoms with E-state index < -0.39 is 5.54 Å². The number of aryl methyl sites for hydroxylation is 1. The molecule has 2 aromatic rings. The largest absolute Gasteiger partial charge is 0.396 e. The average molecular weight is 293 g/mol. The number of aromatic amines is 1. The number of aromatic nitrogens is 2. The summed E-state index contributed by atoms with van der Waals surface area (Å²) in [5, 5.41) is 14.8. The maximum absolute atomic E-state index is 12.1. The minimum atomic E-state index is -0.436. The first-order valence-electron chi connectivity index (χ1n) is 6.45. The van der Waals surface area contributed by atoms with Crippen molar-refractivity contribution in [2.75, 3.05) is 6.61 Å². The number of rotatable bonds is 5. The van der Waals surface area contributed by atoms with E-state index in [2.05, 4.69) is 15.3 Å². The van der Waals surface area contributed by atoms with E-state index >= 15 is 0 Å². The highest BCUT2D eigenvalue weighted by Gasteiger charge is 2.21. The minimum absolute atomic E-state index is 0.0430. The Labute approximate surface area is 122 Å². The van der Waals surface area contributed by atoms with Crippen LogP contribution in [0.4, 0.5) is 0 Å². The Balaban J connectivity index is 2.11. The van der Waals surface area contributed by atoms with Gasteiger partial charge in [0.15, 0.2) is 0 Å². The molecule has 0 saturated heterocycles. The van der Waals surface area contributed by atoms with Gasteiger partial charge in [0, 0.05) is 29.3 Å². The van der Waals surface area contributed by atoms with Crippen molar-refractivity contribution < 1.29 is 9.90 Å². The molecule has 5 nitrogen and oxygen atoms in total. The van der Waals surface area contributed by atoms with E-state index in [1.807, 2.05) is 26.2 Å². The van der Waals surface area contributed by atoms with Crippen LogP contribution in [0.5, 0.6) is 0 Å². The third-order valence-electron chi connectivity index (χ3n) is 3.03. The normalized spacial score (nSPS) is 11.6. The van der Waals surface area contributed by atoms with Crippen molar-refractivity contribution in [2.45, 2.75) is 32.7 Å². The lowest BCUT2D eigenvalue weighted by molar-refractivity contribution is 0.0895. The van der Waals surface area contributed by atoms with Gasteiger partial charge in [-0.3, -0.25) is 4.79 Å². The second-order valence-electron chi connectivity index (χ2n) is 5.37. The van der Waals surface area contributed by atoms with E-state index in [-0.39, 0.29) is 12.5 Å². The van der Waals surface area contributed by atoms with E-state index in [0.717, 1.165) is 16.3 Å². The zero-order valence-electron chi connectivity index (χ0n) is 11.9. The van der Waals surface area contributed by atoms with Crippen molar-refractivity contribution in [3.8, 4) is 11.3 Å². The number of hydrogen-bond donors (Lipinski definition) is 3. The van der Waals surface area contributed by atoms with E-state index in [1.54, 1.807) is 23.6 Å². The van der Waals surface area contributed by atoms with Gasteiger partial charge in [-0.2, -0.15) is 0 Å². The summed E-state index contributed by atoms with van der Waals surface area (Å²) < 4.78 is 0. The third kappa shape index (κ3) is 3.46. The van der Waals surface area contributed by atoms with E-state index in [0.29, 0.717) is 12.1 Å². The molecule has 6 heteroatoms. The number of nitrogens with zero attached hydrogens (tertiary/aromatic N) is 1. The fraction of sp³-hybridized carbons (Fsp3) is 0.429. The van der Waals surface area contributed by atoms with Crippen molar-refractivity contribution in [1.82, 2.24) is 15.3 Å². The van der Waals surface area contributed by atoms with E-state index in [4.69, 9.17) is 5.11 Å². The van der Waals surface area contributed by atoms with Gasteiger partial charge in [-0.05, 0) is 33.3 Å². The van der Waals surface area contributed by atoms with E-state index in [9.17, 15) is 4.79 Å². The van der Waals surface area contributed by atoms with Crippen LogP contribution in [0.2, 0.25) is 0 Å². The quantitative estimate of drug-likeness (QED) is 0.791. The lowest BCUT2D eigenvalue weighted by Crippen LogP contribution is -2.44. The number of aliphatic hydroxyl groups is 1. The van der Waals surface area contributed by atoms with Gasteiger partial charge in [0.05, 0.1) is 10.7 Å². The first kappa shape index (κ1) is 14.7. The number of thiazole rings is 1. The number of carbonyl (C=O) groups excluding carboxylic acids is 1. The molecule has 108 valence electrons. The molecule has 0 radical (unpaired) electrons. The molecule has 3 N–H and O–H groups in total. The number of nitrogens with one attached hydrogen (secondary N) is 2. The number of amides is 1. The molecule has 2 rings (SSSR count). The van der Waals surface area contributed by atoms with Crippen molar-refractivity contribution in [3.05, 3.63) is 28.3 Å². The van der Waals surface area contributed by atoms with Gasteiger partial charge in [0.2, 0.25) is 0 Å². The van der Waals surface area contributed by atoms with Gasteiger partial charge in [-0.25, -0.2) is 4.98 Å². The first-order valence-corrected chi connectivity index (χ1v) is 7.33. The molecule has 1 amide bonds. The standard InChI is InChI=1S/C14H19N3O2S/c1-9-16-12(8-20-9)10-6-11(15-7-10)13(19)17-14(2,3)4-5-18/h6-8,15,18H,4-5H2,1-3H3,(H,17,19). The maximum atomic E-state index is 12.1. The van der Waals surface area contributed by atoms with Gasteiger partial charge in [-0.1, -0.05) is 0 Å². The Morgan fingerprint density at radius 2 is 2.30 bits per heavy atom. The molecule has 20 heavy (non-hydrogen) atoms. The molecule has 0 saturated carbocycles. The minimum Gasteiger partial charge on any atom is -0.396 e. The van der Waals surface area contributed by atoms with Crippen molar-refractivity contribution >= 4 is 17.2 Å². The predicted octanol–water partition coefficient (Wildman–Crippen LogP) is 2.34. The number of hydrogen-bond acceptors (Lipinski definition) is 4. The highest BCUT2D eigenvalue weighted by molar-refractivity contribution is 7.09. The Hall–Kier alpha value is -1.66. The molecule has 0 aliphatic rings. The van der Waals surface area contributed by atoms with Gasteiger partial charge >= 0.3 is 0 Å². The van der Waals surface area contributed by atoms with Gasteiger partial charge in [-0.15, -0.1) is 11.3 Å². The van der Waals surface area contributed by atoms with Crippen molar-refractivity contribution in [2.24, 2.45) is 0 Å². The topological polar surface area (TPSA) is 78.0 Å². The first-order chi connectivity index (χ1) is 9.41. The van der Waals surface area contributed by atoms with Crippen LogP contribution in [0.1, 0.15) is 35.8 Å². The summed E-state index contributed by atoms with van der Waals surface area (Å²) in [6.07, 6.45) is 2.29. The molecular weight excluding hydrogens is 274 g/mol. The lowest BCUT2D eigenvalue weighted by Gasteiger charge is -2.24. The summed E-state index contributed by atoms with van der Waals surface area (Å²) in [5.41, 5.74) is 1.84. The molecular formula is C14H19N3O2S. The molecule has 2 aromatic heterocycles. The second-order valence-corrected chi connectivity index (χ2v) is 6.43. The molecule has 0 fully saturated rings. The fourth-order valence-corrected chi connectivity index (χ4v) is 2.51. The Morgan fingerprint density at radius 3 is 2.90 bits per heavy atom. The summed E-state index contributed by atoms with van der Waals surface area (Å²) in [5.74, 6) is -0.179. The van der Waals surface area contributed by atoms with Crippen LogP contribution in [0.15, 0.2) is 17.6 Å². The number of carbonyl (C=O) groups is 1. The second kappa shape index (κ2) is 5.76. The van der Waals surface area contributed by atoms with Crippen LogP contribution in [0.3, 0.4) is 0 Å². The van der Waals surface area contributed by atoms with Crippen LogP contribution in [-0.2, 0) is 0 Å². The smallest absolute Gasteiger partial charge is 0.268 e. The van der Waals surface area contributed by atoms with Crippen molar-refractivity contribution in [3.63, 3.8) is 0 Å². The SMILES string of the molecule is Cc1nc(-c2c[nH]c(C(=O)NC(C)(C)CCO)c2)cs1.